The highest BCUT2D eigenvalue weighted by Gasteiger charge is 2.46. The first-order valence-electron chi connectivity index (χ1n) is 8.62. The smallest absolute Gasteiger partial charge is 0.0939 e. The van der Waals surface area contributed by atoms with Crippen LogP contribution in [0.15, 0.2) is 0 Å². The molecule has 0 bridgehead atoms. The van der Waals surface area contributed by atoms with Crippen molar-refractivity contribution in [3.63, 3.8) is 0 Å². The Hall–Kier alpha value is -0.160. The Morgan fingerprint density at radius 2 is 2.14 bits per heavy atom. The number of hydrogen-bond donors (Lipinski definition) is 1. The molecule has 3 atom stereocenters. The van der Waals surface area contributed by atoms with Crippen LogP contribution in [0.2, 0.25) is 0 Å². The van der Waals surface area contributed by atoms with Crippen molar-refractivity contribution in [3.8, 4) is 0 Å². The molecule has 2 fully saturated rings. The largest absolute Gasteiger partial charge is 0.378 e. The molecule has 2 saturated heterocycles. The third-order valence-corrected chi connectivity index (χ3v) is 4.95. The summed E-state index contributed by atoms with van der Waals surface area (Å²) >= 11 is 0. The van der Waals surface area contributed by atoms with Crippen molar-refractivity contribution in [3.05, 3.63) is 0 Å². The Balaban J connectivity index is 2.07. The topological polar surface area (TPSA) is 39.7 Å². The normalized spacial score (nSPS) is 31.7. The van der Waals surface area contributed by atoms with Crippen molar-refractivity contribution in [2.45, 2.75) is 70.6 Å². The van der Waals surface area contributed by atoms with Crippen LogP contribution < -0.4 is 5.32 Å². The average molecular weight is 299 g/mol. The maximum Gasteiger partial charge on any atom is 0.0939 e. The van der Waals surface area contributed by atoms with Gasteiger partial charge in [-0.15, -0.1) is 0 Å². The van der Waals surface area contributed by atoms with Crippen LogP contribution in [-0.4, -0.2) is 50.2 Å². The fraction of sp³-hybridized carbons (Fsp3) is 1.00. The van der Waals surface area contributed by atoms with E-state index in [0.29, 0.717) is 12.0 Å². The van der Waals surface area contributed by atoms with Crippen LogP contribution in [0.3, 0.4) is 0 Å². The quantitative estimate of drug-likeness (QED) is 0.784. The number of hydrogen-bond acceptors (Lipinski definition) is 4. The molecule has 2 rings (SSSR count). The highest BCUT2D eigenvalue weighted by Crippen LogP contribution is 2.39. The molecule has 0 aromatic heterocycles. The van der Waals surface area contributed by atoms with Gasteiger partial charge in [-0.1, -0.05) is 6.92 Å². The Bertz CT molecular complexity index is 313. The van der Waals surface area contributed by atoms with E-state index in [4.69, 9.17) is 14.2 Å². The summed E-state index contributed by atoms with van der Waals surface area (Å²) in [7, 11) is 0. The van der Waals surface area contributed by atoms with Crippen molar-refractivity contribution in [2.24, 2.45) is 5.92 Å². The molecular formula is C17H33NO3. The molecule has 124 valence electrons. The van der Waals surface area contributed by atoms with E-state index in [1.165, 1.54) is 0 Å². The molecule has 0 saturated carbocycles. The van der Waals surface area contributed by atoms with Gasteiger partial charge in [-0.2, -0.15) is 0 Å². The predicted octanol–water partition coefficient (Wildman–Crippen LogP) is 2.76. The van der Waals surface area contributed by atoms with Gasteiger partial charge in [0.1, 0.15) is 0 Å². The SMILES string of the molecule is CCCNC(C1CCOC2(CCOC2)C1)C(C)(C)OCC. The van der Waals surface area contributed by atoms with Gasteiger partial charge in [0.25, 0.3) is 0 Å². The Kier molecular flexibility index (Phi) is 6.06. The summed E-state index contributed by atoms with van der Waals surface area (Å²) in [5.74, 6) is 0.591. The van der Waals surface area contributed by atoms with Crippen LogP contribution in [0, 0.1) is 5.92 Å². The molecule has 2 aliphatic heterocycles. The van der Waals surface area contributed by atoms with Crippen molar-refractivity contribution in [1.82, 2.24) is 5.32 Å². The summed E-state index contributed by atoms with van der Waals surface area (Å²) < 4.78 is 17.8. The van der Waals surface area contributed by atoms with E-state index in [9.17, 15) is 0 Å². The Morgan fingerprint density at radius 3 is 2.76 bits per heavy atom. The third kappa shape index (κ3) is 4.19. The van der Waals surface area contributed by atoms with Gasteiger partial charge in [0.15, 0.2) is 0 Å². The van der Waals surface area contributed by atoms with Gasteiger partial charge in [-0.3, -0.25) is 0 Å². The van der Waals surface area contributed by atoms with Crippen LogP contribution in [0.5, 0.6) is 0 Å². The summed E-state index contributed by atoms with van der Waals surface area (Å²) in [6, 6.07) is 0.374. The van der Waals surface area contributed by atoms with Crippen molar-refractivity contribution in [2.75, 3.05) is 33.0 Å². The predicted molar refractivity (Wildman–Crippen MR) is 84.6 cm³/mol. The van der Waals surface area contributed by atoms with E-state index < -0.39 is 0 Å². The molecule has 0 aliphatic carbocycles. The lowest BCUT2D eigenvalue weighted by atomic mass is 9.76. The number of ether oxygens (including phenoxy) is 3. The second-order valence-corrected chi connectivity index (χ2v) is 7.06. The number of rotatable bonds is 7. The van der Waals surface area contributed by atoms with Crippen molar-refractivity contribution >= 4 is 0 Å². The first kappa shape index (κ1) is 17.2. The highest BCUT2D eigenvalue weighted by atomic mass is 16.6. The monoisotopic (exact) mass is 299 g/mol. The maximum absolute atomic E-state index is 6.09. The third-order valence-electron chi connectivity index (χ3n) is 4.95. The molecule has 1 N–H and O–H groups in total. The molecule has 4 nitrogen and oxygen atoms in total. The minimum Gasteiger partial charge on any atom is -0.378 e. The molecular weight excluding hydrogens is 266 g/mol. The maximum atomic E-state index is 6.09. The van der Waals surface area contributed by atoms with Gasteiger partial charge in [0, 0.05) is 32.3 Å². The lowest BCUT2D eigenvalue weighted by molar-refractivity contribution is -0.125. The molecule has 0 amide bonds. The van der Waals surface area contributed by atoms with Crippen molar-refractivity contribution < 1.29 is 14.2 Å². The molecule has 0 aromatic carbocycles. The van der Waals surface area contributed by atoms with E-state index >= 15 is 0 Å². The Morgan fingerprint density at radius 1 is 1.33 bits per heavy atom. The second kappa shape index (κ2) is 7.40. The molecule has 0 radical (unpaired) electrons. The van der Waals surface area contributed by atoms with Gasteiger partial charge in [0.2, 0.25) is 0 Å². The van der Waals surface area contributed by atoms with E-state index in [2.05, 4.69) is 33.0 Å². The van der Waals surface area contributed by atoms with E-state index in [0.717, 1.165) is 58.7 Å². The zero-order valence-electron chi connectivity index (χ0n) is 14.2. The van der Waals surface area contributed by atoms with Gasteiger partial charge in [-0.05, 0) is 52.5 Å². The molecule has 3 unspecified atom stereocenters. The van der Waals surface area contributed by atoms with Crippen LogP contribution in [0.1, 0.15) is 53.4 Å². The lowest BCUT2D eigenvalue weighted by Crippen LogP contribution is -2.56. The zero-order chi connectivity index (χ0) is 15.3. The van der Waals surface area contributed by atoms with Crippen LogP contribution in [-0.2, 0) is 14.2 Å². The van der Waals surface area contributed by atoms with Crippen LogP contribution in [0.25, 0.3) is 0 Å². The second-order valence-electron chi connectivity index (χ2n) is 7.06. The lowest BCUT2D eigenvalue weighted by Gasteiger charge is -2.45. The molecule has 2 heterocycles. The van der Waals surface area contributed by atoms with Crippen LogP contribution in [0.4, 0.5) is 0 Å². The van der Waals surface area contributed by atoms with Gasteiger partial charge >= 0.3 is 0 Å². The van der Waals surface area contributed by atoms with Crippen molar-refractivity contribution in [1.29, 1.82) is 0 Å². The van der Waals surface area contributed by atoms with Gasteiger partial charge in [0.05, 0.1) is 17.8 Å². The van der Waals surface area contributed by atoms with Gasteiger partial charge in [-0.25, -0.2) is 0 Å². The van der Waals surface area contributed by atoms with E-state index in [1.807, 2.05) is 0 Å². The molecule has 0 aromatic rings. The molecule has 21 heavy (non-hydrogen) atoms. The number of nitrogens with one attached hydrogen (secondary N) is 1. The summed E-state index contributed by atoms with van der Waals surface area (Å²) in [6.45, 7) is 13.0. The zero-order valence-corrected chi connectivity index (χ0v) is 14.2. The Labute approximate surface area is 129 Å². The fourth-order valence-corrected chi connectivity index (χ4v) is 3.96. The van der Waals surface area contributed by atoms with Crippen LogP contribution >= 0.6 is 0 Å². The molecule has 4 heteroatoms. The molecule has 2 aliphatic rings. The summed E-state index contributed by atoms with van der Waals surface area (Å²) in [4.78, 5) is 0. The standard InChI is InChI=1S/C17H33NO3/c1-5-9-18-15(16(3,4)20-6-2)14-7-10-21-17(12-14)8-11-19-13-17/h14-15,18H,5-13H2,1-4H3. The first-order valence-corrected chi connectivity index (χ1v) is 8.62. The van der Waals surface area contributed by atoms with E-state index in [1.54, 1.807) is 0 Å². The summed E-state index contributed by atoms with van der Waals surface area (Å²) in [5.41, 5.74) is -0.177. The fourth-order valence-electron chi connectivity index (χ4n) is 3.96. The average Bonchev–Trinajstić information content (AvgIpc) is 2.87. The summed E-state index contributed by atoms with van der Waals surface area (Å²) in [5, 5.41) is 3.75. The summed E-state index contributed by atoms with van der Waals surface area (Å²) in [6.07, 6.45) is 4.39. The highest BCUT2D eigenvalue weighted by molar-refractivity contribution is 4.98. The minimum absolute atomic E-state index is 0.0304. The first-order chi connectivity index (χ1) is 10.0. The van der Waals surface area contributed by atoms with Gasteiger partial charge < -0.3 is 19.5 Å². The molecule has 1 spiro atoms. The van der Waals surface area contributed by atoms with E-state index in [-0.39, 0.29) is 11.2 Å². The minimum atomic E-state index is -0.146.